The average molecular weight is 358 g/mol. The van der Waals surface area contributed by atoms with Gasteiger partial charge < -0.3 is 20.5 Å². The second kappa shape index (κ2) is 8.97. The quantitative estimate of drug-likeness (QED) is 0.526. The average Bonchev–Trinajstić information content (AvgIpc) is 2.54. The van der Waals surface area contributed by atoms with Crippen molar-refractivity contribution in [3.05, 3.63) is 22.7 Å². The number of anilines is 1. The molecule has 3 amide bonds. The molecule has 0 fully saturated rings. The number of benzene rings is 1. The molecule has 8 nitrogen and oxygen atoms in total. The molecule has 0 radical (unpaired) electrons. The van der Waals surface area contributed by atoms with E-state index in [0.717, 1.165) is 0 Å². The van der Waals surface area contributed by atoms with E-state index in [1.807, 2.05) is 6.92 Å². The number of hydrogen-bond donors (Lipinski definition) is 3. The van der Waals surface area contributed by atoms with Gasteiger partial charge in [-0.15, -0.1) is 0 Å². The van der Waals surface area contributed by atoms with Crippen molar-refractivity contribution in [3.8, 4) is 5.75 Å². The summed E-state index contributed by atoms with van der Waals surface area (Å²) in [6.07, 6.45) is 0.717. The van der Waals surface area contributed by atoms with E-state index < -0.39 is 24.5 Å². The summed E-state index contributed by atoms with van der Waals surface area (Å²) in [5, 5.41) is 4.76. The summed E-state index contributed by atoms with van der Waals surface area (Å²) in [6, 6.07) is 1.92. The monoisotopic (exact) mass is 357 g/mol. The molecular formula is C15H20ClN3O5. The lowest BCUT2D eigenvalue weighted by Gasteiger charge is -2.12. The Labute approximate surface area is 144 Å². The van der Waals surface area contributed by atoms with Crippen molar-refractivity contribution in [2.24, 2.45) is 0 Å². The van der Waals surface area contributed by atoms with Crippen LogP contribution in [-0.2, 0) is 9.53 Å². The zero-order valence-electron chi connectivity index (χ0n) is 13.6. The minimum Gasteiger partial charge on any atom is -0.496 e. The van der Waals surface area contributed by atoms with Crippen molar-refractivity contribution < 1.29 is 23.9 Å². The number of halogens is 1. The molecule has 0 saturated heterocycles. The van der Waals surface area contributed by atoms with E-state index in [-0.39, 0.29) is 28.1 Å². The second-order valence-corrected chi connectivity index (χ2v) is 5.39. The van der Waals surface area contributed by atoms with Crippen LogP contribution >= 0.6 is 11.6 Å². The molecule has 1 aromatic rings. The Balaban J connectivity index is 2.62. The second-order valence-electron chi connectivity index (χ2n) is 4.98. The lowest BCUT2D eigenvalue weighted by Crippen LogP contribution is -2.44. The summed E-state index contributed by atoms with van der Waals surface area (Å²) in [5.74, 6) is -1.42. The SMILES string of the molecule is CC[C@H](C)NC(=O)NC(=O)COC(=O)c1cc(Cl)c(N)cc1OC. The van der Waals surface area contributed by atoms with E-state index in [1.54, 1.807) is 6.92 Å². The molecule has 0 aromatic heterocycles. The van der Waals surface area contributed by atoms with Crippen LogP contribution in [0.15, 0.2) is 12.1 Å². The first kappa shape index (κ1) is 19.6. The van der Waals surface area contributed by atoms with Crippen molar-refractivity contribution in [2.75, 3.05) is 19.5 Å². The number of imide groups is 1. The van der Waals surface area contributed by atoms with Gasteiger partial charge in [-0.1, -0.05) is 18.5 Å². The van der Waals surface area contributed by atoms with Crippen molar-refractivity contribution >= 4 is 35.2 Å². The summed E-state index contributed by atoms with van der Waals surface area (Å²) in [7, 11) is 1.35. The predicted molar refractivity (Wildman–Crippen MR) is 89.1 cm³/mol. The third-order valence-corrected chi connectivity index (χ3v) is 3.44. The number of hydrogen-bond acceptors (Lipinski definition) is 6. The van der Waals surface area contributed by atoms with Gasteiger partial charge in [-0.3, -0.25) is 10.1 Å². The Bertz CT molecular complexity index is 636. The molecular weight excluding hydrogens is 338 g/mol. The van der Waals surface area contributed by atoms with Gasteiger partial charge >= 0.3 is 12.0 Å². The van der Waals surface area contributed by atoms with Gasteiger partial charge in [0.2, 0.25) is 0 Å². The van der Waals surface area contributed by atoms with Crippen LogP contribution in [0.4, 0.5) is 10.5 Å². The maximum Gasteiger partial charge on any atom is 0.342 e. The summed E-state index contributed by atoms with van der Waals surface area (Å²) in [5.41, 5.74) is 5.88. The molecule has 1 atom stereocenters. The Kier molecular flexibility index (Phi) is 7.31. The zero-order chi connectivity index (χ0) is 18.3. The van der Waals surface area contributed by atoms with Gasteiger partial charge in [0.25, 0.3) is 5.91 Å². The number of ether oxygens (including phenoxy) is 2. The fourth-order valence-corrected chi connectivity index (χ4v) is 1.79. The zero-order valence-corrected chi connectivity index (χ0v) is 14.4. The fraction of sp³-hybridized carbons (Fsp3) is 0.400. The topological polar surface area (TPSA) is 120 Å². The lowest BCUT2D eigenvalue weighted by atomic mass is 10.2. The highest BCUT2D eigenvalue weighted by atomic mass is 35.5. The first-order chi connectivity index (χ1) is 11.3. The van der Waals surface area contributed by atoms with Gasteiger partial charge in [-0.05, 0) is 19.4 Å². The molecule has 0 unspecified atom stereocenters. The summed E-state index contributed by atoms with van der Waals surface area (Å²) < 4.78 is 9.87. The molecule has 9 heteroatoms. The van der Waals surface area contributed by atoms with Gasteiger partial charge in [0, 0.05) is 12.1 Å². The number of nitrogens with one attached hydrogen (secondary N) is 2. The number of nitrogen functional groups attached to an aromatic ring is 1. The Morgan fingerprint density at radius 3 is 2.58 bits per heavy atom. The normalized spacial score (nSPS) is 11.3. The third kappa shape index (κ3) is 5.62. The van der Waals surface area contributed by atoms with Crippen LogP contribution in [0.5, 0.6) is 5.75 Å². The molecule has 0 spiro atoms. The van der Waals surface area contributed by atoms with Crippen LogP contribution in [0.3, 0.4) is 0 Å². The molecule has 0 aliphatic heterocycles. The summed E-state index contributed by atoms with van der Waals surface area (Å²) in [4.78, 5) is 35.1. The van der Waals surface area contributed by atoms with Gasteiger partial charge in [-0.2, -0.15) is 0 Å². The summed E-state index contributed by atoms with van der Waals surface area (Å²) >= 11 is 5.86. The van der Waals surface area contributed by atoms with Gasteiger partial charge in [-0.25, -0.2) is 9.59 Å². The molecule has 24 heavy (non-hydrogen) atoms. The van der Waals surface area contributed by atoms with Crippen molar-refractivity contribution in [1.82, 2.24) is 10.6 Å². The molecule has 132 valence electrons. The Morgan fingerprint density at radius 2 is 2.00 bits per heavy atom. The highest BCUT2D eigenvalue weighted by Crippen LogP contribution is 2.29. The molecule has 0 bridgehead atoms. The van der Waals surface area contributed by atoms with Crippen LogP contribution in [0.25, 0.3) is 0 Å². The van der Waals surface area contributed by atoms with Gasteiger partial charge in [0.1, 0.15) is 11.3 Å². The first-order valence-electron chi connectivity index (χ1n) is 7.18. The highest BCUT2D eigenvalue weighted by molar-refractivity contribution is 6.33. The number of amides is 3. The summed E-state index contributed by atoms with van der Waals surface area (Å²) in [6.45, 7) is 3.05. The van der Waals surface area contributed by atoms with E-state index in [0.29, 0.717) is 6.42 Å². The van der Waals surface area contributed by atoms with E-state index in [4.69, 9.17) is 26.8 Å². The number of carbonyl (C=O) groups excluding carboxylic acids is 3. The maximum atomic E-state index is 12.0. The van der Waals surface area contributed by atoms with Crippen LogP contribution in [0.1, 0.15) is 30.6 Å². The fourth-order valence-electron chi connectivity index (χ4n) is 1.63. The standard InChI is InChI=1S/C15H20ClN3O5/c1-4-8(2)18-15(22)19-13(20)7-24-14(21)9-5-10(16)11(17)6-12(9)23-3/h5-6,8H,4,7,17H2,1-3H3,(H2,18,19,20,22)/t8-/m0/s1. The van der Waals surface area contributed by atoms with Crippen molar-refractivity contribution in [1.29, 1.82) is 0 Å². The Morgan fingerprint density at radius 1 is 1.33 bits per heavy atom. The van der Waals surface area contributed by atoms with Crippen molar-refractivity contribution in [2.45, 2.75) is 26.3 Å². The van der Waals surface area contributed by atoms with Gasteiger partial charge in [0.15, 0.2) is 6.61 Å². The number of nitrogens with two attached hydrogens (primary N) is 1. The molecule has 0 saturated carbocycles. The predicted octanol–water partition coefficient (Wildman–Crippen LogP) is 1.71. The number of methoxy groups -OCH3 is 1. The smallest absolute Gasteiger partial charge is 0.342 e. The number of rotatable bonds is 6. The van der Waals surface area contributed by atoms with E-state index >= 15 is 0 Å². The maximum absolute atomic E-state index is 12.0. The van der Waals surface area contributed by atoms with Crippen LogP contribution in [0.2, 0.25) is 5.02 Å². The Hall–Kier alpha value is -2.48. The number of carbonyl (C=O) groups is 3. The first-order valence-corrected chi connectivity index (χ1v) is 7.56. The molecule has 4 N–H and O–H groups in total. The van der Waals surface area contributed by atoms with E-state index in [1.165, 1.54) is 19.2 Å². The molecule has 0 aliphatic rings. The minimum atomic E-state index is -0.828. The molecule has 0 aliphatic carbocycles. The molecule has 0 heterocycles. The van der Waals surface area contributed by atoms with Gasteiger partial charge in [0.05, 0.1) is 17.8 Å². The highest BCUT2D eigenvalue weighted by Gasteiger charge is 2.18. The van der Waals surface area contributed by atoms with Crippen LogP contribution in [0, 0.1) is 0 Å². The lowest BCUT2D eigenvalue weighted by molar-refractivity contribution is -0.123. The van der Waals surface area contributed by atoms with Crippen LogP contribution in [-0.4, -0.2) is 37.7 Å². The van der Waals surface area contributed by atoms with Crippen LogP contribution < -0.4 is 21.1 Å². The van der Waals surface area contributed by atoms with Crippen molar-refractivity contribution in [3.63, 3.8) is 0 Å². The number of esters is 1. The molecule has 1 aromatic carbocycles. The van der Waals surface area contributed by atoms with E-state index in [2.05, 4.69) is 10.6 Å². The minimum absolute atomic E-state index is 0.0218. The third-order valence-electron chi connectivity index (χ3n) is 3.12. The molecule has 1 rings (SSSR count). The van der Waals surface area contributed by atoms with E-state index in [9.17, 15) is 14.4 Å². The number of urea groups is 1. The largest absolute Gasteiger partial charge is 0.496 e.